The van der Waals surface area contributed by atoms with E-state index in [9.17, 15) is 0 Å². The molecule has 3 heteroatoms. The van der Waals surface area contributed by atoms with Crippen LogP contribution in [0.15, 0.2) is 0 Å². The Kier molecular flexibility index (Phi) is 4.83. The highest BCUT2D eigenvalue weighted by Gasteiger charge is 2.30. The van der Waals surface area contributed by atoms with Crippen molar-refractivity contribution in [2.75, 3.05) is 26.3 Å². The number of ether oxygens (including phenoxy) is 1. The summed E-state index contributed by atoms with van der Waals surface area (Å²) < 4.78 is 5.59. The maximum atomic E-state index is 5.88. The molecule has 3 N–H and O–H groups in total. The van der Waals surface area contributed by atoms with Gasteiger partial charge >= 0.3 is 0 Å². The van der Waals surface area contributed by atoms with Crippen LogP contribution in [0.4, 0.5) is 0 Å². The summed E-state index contributed by atoms with van der Waals surface area (Å²) in [5, 5.41) is 3.75. The summed E-state index contributed by atoms with van der Waals surface area (Å²) in [6, 6.07) is 0. The second kappa shape index (κ2) is 6.17. The Morgan fingerprint density at radius 2 is 2.00 bits per heavy atom. The fourth-order valence-electron chi connectivity index (χ4n) is 3.31. The van der Waals surface area contributed by atoms with E-state index in [1.54, 1.807) is 0 Å². The van der Waals surface area contributed by atoms with Crippen LogP contribution in [0.1, 0.15) is 45.4 Å². The molecule has 1 aliphatic heterocycles. The van der Waals surface area contributed by atoms with Gasteiger partial charge in [0.15, 0.2) is 0 Å². The maximum absolute atomic E-state index is 5.88. The number of rotatable bonds is 4. The third-order valence-corrected chi connectivity index (χ3v) is 4.60. The Balaban J connectivity index is 1.79. The molecule has 0 amide bonds. The molecule has 0 aromatic carbocycles. The smallest absolute Gasteiger partial charge is 0.0645 e. The van der Waals surface area contributed by atoms with Gasteiger partial charge < -0.3 is 15.8 Å². The molecule has 100 valence electrons. The van der Waals surface area contributed by atoms with Crippen molar-refractivity contribution in [3.63, 3.8) is 0 Å². The monoisotopic (exact) mass is 240 g/mol. The molecule has 1 saturated heterocycles. The minimum atomic E-state index is 0.203. The zero-order valence-electron chi connectivity index (χ0n) is 11.2. The molecule has 3 unspecified atom stereocenters. The number of hydrogen-bond donors (Lipinski definition) is 2. The lowest BCUT2D eigenvalue weighted by molar-refractivity contribution is 0.0245. The van der Waals surface area contributed by atoms with Crippen LogP contribution in [-0.4, -0.2) is 31.8 Å². The first-order valence-corrected chi connectivity index (χ1v) is 7.26. The van der Waals surface area contributed by atoms with Crippen molar-refractivity contribution >= 4 is 0 Å². The van der Waals surface area contributed by atoms with Gasteiger partial charge in [0.05, 0.1) is 6.61 Å². The summed E-state index contributed by atoms with van der Waals surface area (Å²) in [6.45, 7) is 6.09. The Morgan fingerprint density at radius 1 is 1.24 bits per heavy atom. The molecule has 1 saturated carbocycles. The van der Waals surface area contributed by atoms with Crippen molar-refractivity contribution in [3.8, 4) is 0 Å². The second-order valence-corrected chi connectivity index (χ2v) is 6.14. The SMILES string of the molecule is CC1(NCC2CCCCC2CN)CCCOC1. The summed E-state index contributed by atoms with van der Waals surface area (Å²) in [5.41, 5.74) is 6.09. The molecule has 0 aromatic rings. The molecule has 3 atom stereocenters. The Hall–Kier alpha value is -0.120. The maximum Gasteiger partial charge on any atom is 0.0645 e. The van der Waals surface area contributed by atoms with E-state index in [-0.39, 0.29) is 5.54 Å². The van der Waals surface area contributed by atoms with Crippen LogP contribution in [0, 0.1) is 11.8 Å². The van der Waals surface area contributed by atoms with E-state index in [1.165, 1.54) is 38.5 Å². The normalized spacial score (nSPS) is 39.2. The Labute approximate surface area is 105 Å². The molecule has 2 aliphatic rings. The van der Waals surface area contributed by atoms with Gasteiger partial charge in [0.25, 0.3) is 0 Å². The third kappa shape index (κ3) is 3.67. The molecular weight excluding hydrogens is 212 g/mol. The van der Waals surface area contributed by atoms with Gasteiger partial charge in [-0.15, -0.1) is 0 Å². The van der Waals surface area contributed by atoms with E-state index >= 15 is 0 Å². The molecule has 3 nitrogen and oxygen atoms in total. The van der Waals surface area contributed by atoms with Gasteiger partial charge in [0, 0.05) is 12.1 Å². The van der Waals surface area contributed by atoms with Gasteiger partial charge in [-0.05, 0) is 57.5 Å². The van der Waals surface area contributed by atoms with Crippen LogP contribution >= 0.6 is 0 Å². The van der Waals surface area contributed by atoms with E-state index in [4.69, 9.17) is 10.5 Å². The summed E-state index contributed by atoms with van der Waals surface area (Å²) in [4.78, 5) is 0. The highest BCUT2D eigenvalue weighted by atomic mass is 16.5. The summed E-state index contributed by atoms with van der Waals surface area (Å²) in [6.07, 6.45) is 7.87. The molecule has 1 aliphatic carbocycles. The van der Waals surface area contributed by atoms with Crippen molar-refractivity contribution in [2.24, 2.45) is 17.6 Å². The lowest BCUT2D eigenvalue weighted by Gasteiger charge is -2.38. The Morgan fingerprint density at radius 3 is 2.65 bits per heavy atom. The topological polar surface area (TPSA) is 47.3 Å². The Bertz CT molecular complexity index is 226. The first-order chi connectivity index (χ1) is 8.23. The number of nitrogens with two attached hydrogens (primary N) is 1. The van der Waals surface area contributed by atoms with Gasteiger partial charge in [-0.2, -0.15) is 0 Å². The zero-order chi connectivity index (χ0) is 12.1. The highest BCUT2D eigenvalue weighted by Crippen LogP contribution is 2.29. The van der Waals surface area contributed by atoms with Crippen LogP contribution in [0.25, 0.3) is 0 Å². The average molecular weight is 240 g/mol. The molecular formula is C14H28N2O. The van der Waals surface area contributed by atoms with Gasteiger partial charge in [0.1, 0.15) is 0 Å². The second-order valence-electron chi connectivity index (χ2n) is 6.14. The molecule has 2 fully saturated rings. The third-order valence-electron chi connectivity index (χ3n) is 4.60. The van der Waals surface area contributed by atoms with Gasteiger partial charge in [-0.1, -0.05) is 12.8 Å². The van der Waals surface area contributed by atoms with E-state index in [1.807, 2.05) is 0 Å². The molecule has 2 rings (SSSR count). The van der Waals surface area contributed by atoms with Gasteiger partial charge in [-0.25, -0.2) is 0 Å². The van der Waals surface area contributed by atoms with Crippen molar-refractivity contribution in [1.29, 1.82) is 0 Å². The fraction of sp³-hybridized carbons (Fsp3) is 1.00. The predicted octanol–water partition coefficient (Wildman–Crippen LogP) is 1.91. The lowest BCUT2D eigenvalue weighted by Crippen LogP contribution is -2.51. The van der Waals surface area contributed by atoms with Crippen molar-refractivity contribution in [2.45, 2.75) is 51.0 Å². The van der Waals surface area contributed by atoms with Crippen LogP contribution < -0.4 is 11.1 Å². The van der Waals surface area contributed by atoms with E-state index in [2.05, 4.69) is 12.2 Å². The van der Waals surface area contributed by atoms with Gasteiger partial charge in [-0.3, -0.25) is 0 Å². The van der Waals surface area contributed by atoms with Crippen LogP contribution in [0.2, 0.25) is 0 Å². The van der Waals surface area contributed by atoms with E-state index < -0.39 is 0 Å². The standard InChI is InChI=1S/C14H28N2O/c1-14(7-4-8-17-11-14)16-10-13-6-3-2-5-12(13)9-15/h12-13,16H,2-11,15H2,1H3. The fourth-order valence-corrected chi connectivity index (χ4v) is 3.31. The molecule has 0 spiro atoms. The number of hydrogen-bond acceptors (Lipinski definition) is 3. The summed E-state index contributed by atoms with van der Waals surface area (Å²) in [7, 11) is 0. The lowest BCUT2D eigenvalue weighted by atomic mass is 9.78. The molecule has 0 aromatic heterocycles. The molecule has 0 bridgehead atoms. The zero-order valence-corrected chi connectivity index (χ0v) is 11.2. The van der Waals surface area contributed by atoms with Crippen LogP contribution in [0.3, 0.4) is 0 Å². The minimum Gasteiger partial charge on any atom is -0.380 e. The van der Waals surface area contributed by atoms with E-state index in [0.29, 0.717) is 0 Å². The number of nitrogens with one attached hydrogen (secondary N) is 1. The molecule has 1 heterocycles. The predicted molar refractivity (Wildman–Crippen MR) is 71.0 cm³/mol. The summed E-state index contributed by atoms with van der Waals surface area (Å²) in [5.74, 6) is 1.52. The molecule has 0 radical (unpaired) electrons. The minimum absolute atomic E-state index is 0.203. The first kappa shape index (κ1) is 13.3. The van der Waals surface area contributed by atoms with Crippen LogP contribution in [0.5, 0.6) is 0 Å². The largest absolute Gasteiger partial charge is 0.380 e. The van der Waals surface area contributed by atoms with Crippen molar-refractivity contribution < 1.29 is 4.74 Å². The van der Waals surface area contributed by atoms with Crippen molar-refractivity contribution in [1.82, 2.24) is 5.32 Å². The average Bonchev–Trinajstić information content (AvgIpc) is 2.38. The first-order valence-electron chi connectivity index (χ1n) is 7.26. The molecule has 17 heavy (non-hydrogen) atoms. The van der Waals surface area contributed by atoms with E-state index in [0.717, 1.165) is 38.1 Å². The van der Waals surface area contributed by atoms with Crippen LogP contribution in [-0.2, 0) is 4.74 Å². The highest BCUT2D eigenvalue weighted by molar-refractivity contribution is 4.88. The van der Waals surface area contributed by atoms with Crippen molar-refractivity contribution in [3.05, 3.63) is 0 Å². The van der Waals surface area contributed by atoms with Gasteiger partial charge in [0.2, 0.25) is 0 Å². The quantitative estimate of drug-likeness (QED) is 0.789. The summed E-state index contributed by atoms with van der Waals surface area (Å²) >= 11 is 0.